The lowest BCUT2D eigenvalue weighted by Gasteiger charge is -2.36. The third-order valence-corrected chi connectivity index (χ3v) is 17.9. The summed E-state index contributed by atoms with van der Waals surface area (Å²) in [7, 11) is -2.57. The highest BCUT2D eigenvalue weighted by Crippen LogP contribution is 2.35. The Morgan fingerprint density at radius 1 is 0.797 bits per heavy atom. The van der Waals surface area contributed by atoms with Crippen molar-refractivity contribution in [3.05, 3.63) is 140 Å². The molecule has 6 heterocycles. The number of piperazine rings is 2. The first-order chi connectivity index (χ1) is 37.3. The number of aromatic nitrogens is 6. The number of aryl methyl sites for hydroxylation is 3. The van der Waals surface area contributed by atoms with Crippen molar-refractivity contribution >= 4 is 90.4 Å². The molecule has 2 amide bonds. The van der Waals surface area contributed by atoms with Crippen molar-refractivity contribution in [1.82, 2.24) is 44.2 Å². The largest absolute Gasteiger partial charge is 0.432 e. The van der Waals surface area contributed by atoms with E-state index >= 15 is 0 Å². The molecule has 2 aliphatic heterocycles. The second-order valence-corrected chi connectivity index (χ2v) is 30.2. The van der Waals surface area contributed by atoms with Crippen molar-refractivity contribution in [1.29, 1.82) is 0 Å². The Bertz CT molecular complexity index is 3380. The van der Waals surface area contributed by atoms with Gasteiger partial charge in [0.15, 0.2) is 19.1 Å². The SMILES string of the molecule is Cc1ccc(C(=O)Nc2ccc(CN3CCN(C)CC3)c(C(F)(F)F)c2)cc1C#Cc1cnc2cc([Si](C)(C)O)cnn12.Cc1nc(Nc2ncc(C(=O)Nc3c(C)cccc3Cl)s2)cc(N2CCN(CC[Si](C)(C)O)CC2)n1. The van der Waals surface area contributed by atoms with Crippen LogP contribution in [0.4, 0.5) is 41.3 Å². The number of anilines is 5. The van der Waals surface area contributed by atoms with Crippen molar-refractivity contribution in [2.45, 2.75) is 65.7 Å². The minimum absolute atomic E-state index is 0.0675. The van der Waals surface area contributed by atoms with Gasteiger partial charge in [-0.15, -0.1) is 0 Å². The summed E-state index contributed by atoms with van der Waals surface area (Å²) < 4.78 is 43.6. The van der Waals surface area contributed by atoms with Gasteiger partial charge < -0.3 is 40.2 Å². The van der Waals surface area contributed by atoms with Crippen LogP contribution in [0.5, 0.6) is 0 Å². The normalized spacial score (nSPS) is 14.8. The number of amides is 2. The molecule has 79 heavy (non-hydrogen) atoms. The smallest absolute Gasteiger partial charge is 0.416 e. The molecule has 3 aromatic carbocycles. The second kappa shape index (κ2) is 24.8. The maximum Gasteiger partial charge on any atom is 0.416 e. The van der Waals surface area contributed by atoms with Gasteiger partial charge >= 0.3 is 6.18 Å². The minimum atomic E-state index is -4.56. The van der Waals surface area contributed by atoms with Crippen molar-refractivity contribution in [2.24, 2.45) is 0 Å². The number of likely N-dealkylation sites (N-methyl/N-ethyl adjacent to an activating group) is 1. The highest BCUT2D eigenvalue weighted by Gasteiger charge is 2.34. The number of fused-ring (bicyclic) bond motifs is 1. The molecule has 7 aromatic rings. The maximum atomic E-state index is 14.0. The molecule has 0 atom stereocenters. The number of carbonyl (C=O) groups excluding carboxylic acids is 2. The monoisotopic (exact) mass is 1150 g/mol. The summed E-state index contributed by atoms with van der Waals surface area (Å²) in [6.07, 6.45) is 0.187. The quantitative estimate of drug-likeness (QED) is 0.0546. The lowest BCUT2D eigenvalue weighted by atomic mass is 10.0. The van der Waals surface area contributed by atoms with E-state index in [0.29, 0.717) is 62.4 Å². The zero-order valence-corrected chi connectivity index (χ0v) is 49.0. The number of imidazole rings is 1. The van der Waals surface area contributed by atoms with E-state index in [0.717, 1.165) is 80.1 Å². The molecule has 0 spiro atoms. The van der Waals surface area contributed by atoms with Crippen LogP contribution in [0.15, 0.2) is 85.3 Å². The molecule has 0 unspecified atom stereocenters. The number of para-hydroxylation sites is 1. The van der Waals surface area contributed by atoms with Gasteiger partial charge in [-0.3, -0.25) is 14.5 Å². The van der Waals surface area contributed by atoms with E-state index in [1.54, 1.807) is 66.5 Å². The van der Waals surface area contributed by atoms with Gasteiger partial charge in [0.25, 0.3) is 11.8 Å². The number of nitrogens with one attached hydrogen (secondary N) is 3. The van der Waals surface area contributed by atoms with E-state index in [1.165, 1.54) is 23.5 Å². The molecule has 416 valence electrons. The van der Waals surface area contributed by atoms with Crippen LogP contribution in [0.3, 0.4) is 0 Å². The molecule has 0 aliphatic carbocycles. The first kappa shape index (κ1) is 58.5. The summed E-state index contributed by atoms with van der Waals surface area (Å²) in [5.41, 5.74) is 3.77. The second-order valence-electron chi connectivity index (χ2n) is 21.0. The Morgan fingerprint density at radius 2 is 1.53 bits per heavy atom. The molecule has 17 nitrogen and oxygen atoms in total. The van der Waals surface area contributed by atoms with Crippen molar-refractivity contribution in [2.75, 3.05) is 86.8 Å². The number of thiazole rings is 1. The van der Waals surface area contributed by atoms with Crippen LogP contribution in [0.2, 0.25) is 37.3 Å². The summed E-state index contributed by atoms with van der Waals surface area (Å²) in [6, 6.07) is 19.0. The van der Waals surface area contributed by atoms with Crippen LogP contribution in [-0.2, 0) is 12.7 Å². The fourth-order valence-electron chi connectivity index (χ4n) is 8.75. The molecule has 5 N–H and O–H groups in total. The van der Waals surface area contributed by atoms with Gasteiger partial charge in [-0.2, -0.15) is 18.3 Å². The highest BCUT2D eigenvalue weighted by molar-refractivity contribution is 7.17. The molecule has 0 saturated carbocycles. The lowest BCUT2D eigenvalue weighted by molar-refractivity contribution is -0.138. The predicted molar refractivity (Wildman–Crippen MR) is 311 cm³/mol. The van der Waals surface area contributed by atoms with E-state index in [9.17, 15) is 32.4 Å². The Balaban J connectivity index is 0.000000211. The summed E-state index contributed by atoms with van der Waals surface area (Å²) in [5.74, 6) is 7.46. The predicted octanol–water partition coefficient (Wildman–Crippen LogP) is 8.38. The number of alkyl halides is 3. The Morgan fingerprint density at radius 3 is 2.23 bits per heavy atom. The average molecular weight is 1150 g/mol. The molecular weight excluding hydrogens is 1090 g/mol. The standard InChI is InChI=1S/C31H33F3N6O2Si.C24H32ClN7O2SSi/c1-21-5-6-23(15-22(21)8-10-26-18-35-29-17-27(43(3,4)42)19-36-40(26)29)30(41)37-25-9-7-24(28(16-25)31(32,33)34)20-39-13-11-38(2)12-14-39;1-16-6-5-7-18(25)22(16)30-23(33)19-15-26-24(35-19)29-20-14-21(28-17(2)27-20)32-10-8-31(9-11-32)12-13-36(3,4)34/h5-7,9,15-19,42H,11-14,20H2,1-4H3,(H,37,41);5-7,14-15,34H,8-13H2,1-4H3,(H,30,33)(H,26,27,28,29). The number of halogens is 4. The van der Waals surface area contributed by atoms with Crippen LogP contribution in [0.25, 0.3) is 5.65 Å². The van der Waals surface area contributed by atoms with E-state index in [-0.39, 0.29) is 29.3 Å². The van der Waals surface area contributed by atoms with Gasteiger partial charge in [-0.05, 0) is 131 Å². The molecule has 0 bridgehead atoms. The fourth-order valence-corrected chi connectivity index (χ4v) is 11.5. The van der Waals surface area contributed by atoms with E-state index in [4.69, 9.17) is 11.6 Å². The number of carbonyl (C=O) groups is 2. The number of benzene rings is 3. The Kier molecular flexibility index (Phi) is 18.4. The van der Waals surface area contributed by atoms with Gasteiger partial charge in [0.1, 0.15) is 28.0 Å². The molecule has 0 radical (unpaired) electrons. The van der Waals surface area contributed by atoms with E-state index in [1.807, 2.05) is 64.0 Å². The summed E-state index contributed by atoms with van der Waals surface area (Å²) in [5, 5.41) is 14.9. The van der Waals surface area contributed by atoms with Crippen LogP contribution >= 0.6 is 22.9 Å². The molecule has 2 aliphatic rings. The molecule has 24 heteroatoms. The zero-order chi connectivity index (χ0) is 56.8. The molecular formula is C55H65ClF3N13O4SSi2. The van der Waals surface area contributed by atoms with Crippen molar-refractivity contribution in [3.8, 4) is 11.8 Å². The number of rotatable bonds is 13. The average Bonchev–Trinajstić information content (AvgIpc) is 4.10. The van der Waals surface area contributed by atoms with Crippen LogP contribution in [-0.4, -0.2) is 148 Å². The van der Waals surface area contributed by atoms with Gasteiger partial charge in [-0.25, -0.2) is 24.5 Å². The topological polar surface area (TPSA) is 193 Å². The highest BCUT2D eigenvalue weighted by atomic mass is 35.5. The summed E-state index contributed by atoms with van der Waals surface area (Å²) in [4.78, 5) is 73.5. The fraction of sp³-hybridized carbons (Fsp3) is 0.364. The first-order valence-electron chi connectivity index (χ1n) is 25.8. The van der Waals surface area contributed by atoms with Crippen molar-refractivity contribution < 1.29 is 32.4 Å². The lowest BCUT2D eigenvalue weighted by Crippen LogP contribution is -2.48. The van der Waals surface area contributed by atoms with E-state index in [2.05, 4.69) is 67.5 Å². The third kappa shape index (κ3) is 15.8. The summed E-state index contributed by atoms with van der Waals surface area (Å²) in [6.45, 7) is 20.9. The van der Waals surface area contributed by atoms with Crippen LogP contribution in [0, 0.1) is 32.6 Å². The Hall–Kier alpha value is -6.60. The van der Waals surface area contributed by atoms with Gasteiger partial charge in [0, 0.05) is 88.0 Å². The molecule has 4 aromatic heterocycles. The Labute approximate surface area is 469 Å². The van der Waals surface area contributed by atoms with Crippen LogP contribution < -0.4 is 26.0 Å². The van der Waals surface area contributed by atoms with Crippen LogP contribution in [0.1, 0.15) is 59.4 Å². The minimum Gasteiger partial charge on any atom is -0.432 e. The molecule has 2 fully saturated rings. The van der Waals surface area contributed by atoms with Gasteiger partial charge in [0.05, 0.1) is 28.7 Å². The number of hydrogen-bond acceptors (Lipinski definition) is 15. The molecule has 9 rings (SSSR count). The molecule has 2 saturated heterocycles. The van der Waals surface area contributed by atoms with E-state index < -0.39 is 34.3 Å². The summed E-state index contributed by atoms with van der Waals surface area (Å²) >= 11 is 7.49. The van der Waals surface area contributed by atoms with Crippen molar-refractivity contribution in [3.63, 3.8) is 0 Å². The maximum absolute atomic E-state index is 14.0. The first-order valence-corrected chi connectivity index (χ1v) is 33.1. The van der Waals surface area contributed by atoms with Gasteiger partial charge in [0.2, 0.25) is 8.32 Å². The number of hydrogen-bond donors (Lipinski definition) is 5. The van der Waals surface area contributed by atoms with Gasteiger partial charge in [-0.1, -0.05) is 53.1 Å². The number of nitrogens with zero attached hydrogens (tertiary/aromatic N) is 10. The zero-order valence-electron chi connectivity index (χ0n) is 45.5. The third-order valence-electron chi connectivity index (χ3n) is 13.5.